The van der Waals surface area contributed by atoms with Crippen molar-refractivity contribution >= 4 is 5.69 Å². The smallest absolute Gasteiger partial charge is 0.123 e. The molecule has 0 aliphatic rings. The fraction of sp³-hybridized carbons (Fsp3) is 0.286. The highest BCUT2D eigenvalue weighted by atomic mass is 19.1. The predicted octanol–water partition coefficient (Wildman–Crippen LogP) is 4.34. The standard InChI is InChI=1S/C14H18FN/c1-10(2)12(5)16(11(3)4)14-8-6-13(15)7-9-14/h6-10H,3,5H2,1-2,4H3. The fourth-order valence-electron chi connectivity index (χ4n) is 1.48. The first-order chi connectivity index (χ1) is 7.43. The van der Waals surface area contributed by atoms with Crippen LogP contribution >= 0.6 is 0 Å². The molecule has 0 heterocycles. The zero-order chi connectivity index (χ0) is 12.3. The van der Waals surface area contributed by atoms with E-state index in [0.29, 0.717) is 5.92 Å². The highest BCUT2D eigenvalue weighted by molar-refractivity contribution is 5.57. The molecule has 0 atom stereocenters. The van der Waals surface area contributed by atoms with Crippen LogP contribution in [0.1, 0.15) is 20.8 Å². The van der Waals surface area contributed by atoms with Gasteiger partial charge in [0.05, 0.1) is 0 Å². The molecule has 0 aliphatic heterocycles. The lowest BCUT2D eigenvalue weighted by atomic mass is 10.1. The van der Waals surface area contributed by atoms with Crippen molar-refractivity contribution in [3.63, 3.8) is 0 Å². The summed E-state index contributed by atoms with van der Waals surface area (Å²) < 4.78 is 12.8. The van der Waals surface area contributed by atoms with E-state index in [0.717, 1.165) is 17.1 Å². The third kappa shape index (κ3) is 2.72. The van der Waals surface area contributed by atoms with Crippen molar-refractivity contribution in [2.75, 3.05) is 4.90 Å². The summed E-state index contributed by atoms with van der Waals surface area (Å²) in [6.45, 7) is 14.0. The Kier molecular flexibility index (Phi) is 3.88. The van der Waals surface area contributed by atoms with E-state index in [2.05, 4.69) is 27.0 Å². The average Bonchev–Trinajstić information content (AvgIpc) is 2.20. The van der Waals surface area contributed by atoms with Crippen LogP contribution in [0.2, 0.25) is 0 Å². The first-order valence-corrected chi connectivity index (χ1v) is 5.33. The molecule has 86 valence electrons. The molecular formula is C14H18FN. The molecule has 0 bridgehead atoms. The molecule has 0 unspecified atom stereocenters. The SMILES string of the molecule is C=C(C)N(C(=C)C(C)C)c1ccc(F)cc1. The van der Waals surface area contributed by atoms with E-state index in [-0.39, 0.29) is 5.82 Å². The molecule has 0 aliphatic carbocycles. The minimum absolute atomic E-state index is 0.236. The summed E-state index contributed by atoms with van der Waals surface area (Å²) >= 11 is 0. The third-order valence-electron chi connectivity index (χ3n) is 2.42. The molecule has 0 spiro atoms. The minimum atomic E-state index is -0.236. The molecule has 0 saturated heterocycles. The second kappa shape index (κ2) is 4.97. The summed E-state index contributed by atoms with van der Waals surface area (Å²) in [5.41, 5.74) is 2.73. The van der Waals surface area contributed by atoms with E-state index in [1.54, 1.807) is 12.1 Å². The second-order valence-corrected chi connectivity index (χ2v) is 4.19. The van der Waals surface area contributed by atoms with Crippen molar-refractivity contribution in [1.29, 1.82) is 0 Å². The Morgan fingerprint density at radius 2 is 1.69 bits per heavy atom. The van der Waals surface area contributed by atoms with Gasteiger partial charge in [0.15, 0.2) is 0 Å². The summed E-state index contributed by atoms with van der Waals surface area (Å²) in [5, 5.41) is 0. The molecule has 1 aromatic rings. The van der Waals surface area contributed by atoms with E-state index >= 15 is 0 Å². The van der Waals surface area contributed by atoms with Gasteiger partial charge in [0.2, 0.25) is 0 Å². The zero-order valence-electron chi connectivity index (χ0n) is 10.1. The Labute approximate surface area is 96.9 Å². The number of allylic oxidation sites excluding steroid dienone is 2. The number of hydrogen-bond donors (Lipinski definition) is 0. The molecular weight excluding hydrogens is 201 g/mol. The van der Waals surface area contributed by atoms with Gasteiger partial charge < -0.3 is 4.90 Å². The van der Waals surface area contributed by atoms with Crippen LogP contribution in [-0.2, 0) is 0 Å². The quantitative estimate of drug-likeness (QED) is 0.728. The zero-order valence-corrected chi connectivity index (χ0v) is 10.1. The van der Waals surface area contributed by atoms with Gasteiger partial charge in [-0.25, -0.2) is 4.39 Å². The van der Waals surface area contributed by atoms with E-state index in [9.17, 15) is 4.39 Å². The van der Waals surface area contributed by atoms with E-state index in [4.69, 9.17) is 0 Å². The van der Waals surface area contributed by atoms with E-state index < -0.39 is 0 Å². The van der Waals surface area contributed by atoms with Gasteiger partial charge in [-0.2, -0.15) is 0 Å². The van der Waals surface area contributed by atoms with Crippen LogP contribution in [0.4, 0.5) is 10.1 Å². The van der Waals surface area contributed by atoms with Gasteiger partial charge >= 0.3 is 0 Å². The van der Waals surface area contributed by atoms with Crippen molar-refractivity contribution in [3.8, 4) is 0 Å². The Bertz CT molecular complexity index is 390. The van der Waals surface area contributed by atoms with Crippen molar-refractivity contribution in [2.24, 2.45) is 5.92 Å². The number of rotatable bonds is 4. The predicted molar refractivity (Wildman–Crippen MR) is 67.7 cm³/mol. The normalized spacial score (nSPS) is 10.3. The van der Waals surface area contributed by atoms with E-state index in [1.165, 1.54) is 12.1 Å². The van der Waals surface area contributed by atoms with Crippen LogP contribution in [0, 0.1) is 11.7 Å². The van der Waals surface area contributed by atoms with Gasteiger partial charge in [0.25, 0.3) is 0 Å². The van der Waals surface area contributed by atoms with Crippen LogP contribution in [-0.4, -0.2) is 0 Å². The summed E-state index contributed by atoms with van der Waals surface area (Å²) in [6.07, 6.45) is 0. The number of halogens is 1. The lowest BCUT2D eigenvalue weighted by Gasteiger charge is -2.29. The molecule has 0 amide bonds. The van der Waals surface area contributed by atoms with Gasteiger partial charge in [-0.15, -0.1) is 0 Å². The largest absolute Gasteiger partial charge is 0.319 e. The molecule has 0 aromatic heterocycles. The van der Waals surface area contributed by atoms with Crippen LogP contribution in [0.3, 0.4) is 0 Å². The van der Waals surface area contributed by atoms with Crippen LogP contribution < -0.4 is 4.90 Å². The number of benzene rings is 1. The highest BCUT2D eigenvalue weighted by Crippen LogP contribution is 2.26. The van der Waals surface area contributed by atoms with Gasteiger partial charge in [-0.3, -0.25) is 0 Å². The molecule has 1 nitrogen and oxygen atoms in total. The number of anilines is 1. The van der Waals surface area contributed by atoms with Gasteiger partial charge in [-0.1, -0.05) is 27.0 Å². The Hall–Kier alpha value is -1.57. The third-order valence-corrected chi connectivity index (χ3v) is 2.42. The fourth-order valence-corrected chi connectivity index (χ4v) is 1.48. The van der Waals surface area contributed by atoms with Gasteiger partial charge in [0, 0.05) is 17.1 Å². The topological polar surface area (TPSA) is 3.24 Å². The molecule has 0 fully saturated rings. The summed E-state index contributed by atoms with van der Waals surface area (Å²) in [5.74, 6) is 0.0855. The second-order valence-electron chi connectivity index (χ2n) is 4.19. The summed E-state index contributed by atoms with van der Waals surface area (Å²) in [4.78, 5) is 1.95. The maximum Gasteiger partial charge on any atom is 0.123 e. The van der Waals surface area contributed by atoms with E-state index in [1.807, 2.05) is 11.8 Å². The maximum atomic E-state index is 12.8. The van der Waals surface area contributed by atoms with Crippen LogP contribution in [0.15, 0.2) is 48.8 Å². The van der Waals surface area contributed by atoms with Gasteiger partial charge in [-0.05, 0) is 37.1 Å². The molecule has 1 rings (SSSR count). The van der Waals surface area contributed by atoms with Crippen LogP contribution in [0.25, 0.3) is 0 Å². The van der Waals surface area contributed by atoms with Crippen LogP contribution in [0.5, 0.6) is 0 Å². The van der Waals surface area contributed by atoms with Gasteiger partial charge in [0.1, 0.15) is 5.82 Å². The Morgan fingerprint density at radius 1 is 1.19 bits per heavy atom. The van der Waals surface area contributed by atoms with Crippen molar-refractivity contribution in [1.82, 2.24) is 0 Å². The molecule has 16 heavy (non-hydrogen) atoms. The monoisotopic (exact) mass is 219 g/mol. The molecule has 2 heteroatoms. The molecule has 0 saturated carbocycles. The maximum absolute atomic E-state index is 12.8. The Balaban J connectivity index is 3.08. The summed E-state index contributed by atoms with van der Waals surface area (Å²) in [6, 6.07) is 6.35. The Morgan fingerprint density at radius 3 is 2.06 bits per heavy atom. The van der Waals surface area contributed by atoms with Crippen molar-refractivity contribution < 1.29 is 4.39 Å². The lowest BCUT2D eigenvalue weighted by Crippen LogP contribution is -2.22. The molecule has 0 radical (unpaired) electrons. The molecule has 0 N–H and O–H groups in total. The highest BCUT2D eigenvalue weighted by Gasteiger charge is 2.13. The first kappa shape index (κ1) is 12.5. The number of hydrogen-bond acceptors (Lipinski definition) is 1. The first-order valence-electron chi connectivity index (χ1n) is 5.33. The number of nitrogens with zero attached hydrogens (tertiary/aromatic N) is 1. The van der Waals surface area contributed by atoms with Crippen molar-refractivity contribution in [2.45, 2.75) is 20.8 Å². The lowest BCUT2D eigenvalue weighted by molar-refractivity contribution is 0.627. The minimum Gasteiger partial charge on any atom is -0.319 e. The average molecular weight is 219 g/mol. The molecule has 1 aromatic carbocycles. The summed E-state index contributed by atoms with van der Waals surface area (Å²) in [7, 11) is 0. The van der Waals surface area contributed by atoms with Crippen molar-refractivity contribution in [3.05, 3.63) is 54.6 Å².